The van der Waals surface area contributed by atoms with Crippen molar-refractivity contribution < 1.29 is 9.53 Å². The summed E-state index contributed by atoms with van der Waals surface area (Å²) in [7, 11) is 1.67. The first-order valence-electron chi connectivity index (χ1n) is 6.48. The lowest BCUT2D eigenvalue weighted by atomic mass is 10.4. The molecule has 2 rings (SSSR count). The molecule has 0 aliphatic carbocycles. The van der Waals surface area contributed by atoms with Crippen LogP contribution in [-0.2, 0) is 22.6 Å². The number of ether oxygens (including phenoxy) is 1. The Kier molecular flexibility index (Phi) is 5.78. The quantitative estimate of drug-likeness (QED) is 0.689. The molecule has 0 aliphatic heterocycles. The summed E-state index contributed by atoms with van der Waals surface area (Å²) in [4.78, 5) is 15.3. The molecule has 2 aromatic heterocycles. The summed E-state index contributed by atoms with van der Waals surface area (Å²) in [5.41, 5.74) is 1.70. The van der Waals surface area contributed by atoms with Gasteiger partial charge in [0.25, 0.3) is 0 Å². The topological polar surface area (TPSA) is 94.0 Å². The van der Waals surface area contributed by atoms with Gasteiger partial charge in [0.2, 0.25) is 5.91 Å². The van der Waals surface area contributed by atoms with Gasteiger partial charge in [-0.25, -0.2) is 9.67 Å². The zero-order chi connectivity index (χ0) is 15.1. The number of amides is 1. The summed E-state index contributed by atoms with van der Waals surface area (Å²) < 4.78 is 6.68. The number of carbonyl (C=O) groups is 1. The van der Waals surface area contributed by atoms with E-state index in [9.17, 15) is 4.79 Å². The van der Waals surface area contributed by atoms with Crippen molar-refractivity contribution in [2.24, 2.45) is 0 Å². The van der Waals surface area contributed by atoms with E-state index in [-0.39, 0.29) is 5.91 Å². The Labute approximate surface area is 126 Å². The minimum Gasteiger partial charge on any atom is -0.383 e. The van der Waals surface area contributed by atoms with Gasteiger partial charge in [-0.05, 0) is 0 Å². The number of hydrogen-bond donors (Lipinski definition) is 2. The molecule has 0 unspecified atom stereocenters. The van der Waals surface area contributed by atoms with Crippen molar-refractivity contribution in [3.63, 3.8) is 0 Å². The van der Waals surface area contributed by atoms with Gasteiger partial charge in [-0.2, -0.15) is 0 Å². The van der Waals surface area contributed by atoms with Gasteiger partial charge in [-0.3, -0.25) is 4.79 Å². The Balaban J connectivity index is 1.84. The number of methoxy groups -OCH3 is 1. The molecule has 0 aromatic carbocycles. The molecule has 0 radical (unpaired) electrons. The first kappa shape index (κ1) is 15.5. The third kappa shape index (κ3) is 5.21. The van der Waals surface area contributed by atoms with Gasteiger partial charge < -0.3 is 15.4 Å². The summed E-state index contributed by atoms with van der Waals surface area (Å²) in [6.45, 7) is 4.08. The van der Waals surface area contributed by atoms with Gasteiger partial charge in [0.05, 0.1) is 30.7 Å². The van der Waals surface area contributed by atoms with Crippen LogP contribution in [0.4, 0.5) is 5.13 Å². The predicted molar refractivity (Wildman–Crippen MR) is 79.1 cm³/mol. The van der Waals surface area contributed by atoms with E-state index in [1.54, 1.807) is 11.8 Å². The summed E-state index contributed by atoms with van der Waals surface area (Å²) >= 11 is 1.39. The molecule has 0 spiro atoms. The summed E-state index contributed by atoms with van der Waals surface area (Å²) in [5.74, 6) is -0.124. The molecule has 21 heavy (non-hydrogen) atoms. The highest BCUT2D eigenvalue weighted by molar-refractivity contribution is 7.13. The normalized spacial score (nSPS) is 10.8. The van der Waals surface area contributed by atoms with E-state index in [4.69, 9.17) is 4.74 Å². The molecule has 0 fully saturated rings. The van der Waals surface area contributed by atoms with Crippen LogP contribution in [0.3, 0.4) is 0 Å². The van der Waals surface area contributed by atoms with Crippen molar-refractivity contribution in [3.05, 3.63) is 23.0 Å². The standard InChI is InChI=1S/C12H18N6O2S/c1-9(19)14-12-15-11(8-21-12)7-18-6-10(16-17-18)5-13-3-4-20-2/h6,8,13H,3-5,7H2,1-2H3,(H,14,15,19). The highest BCUT2D eigenvalue weighted by Crippen LogP contribution is 2.15. The molecule has 114 valence electrons. The number of nitrogens with one attached hydrogen (secondary N) is 2. The minimum atomic E-state index is -0.124. The first-order valence-corrected chi connectivity index (χ1v) is 7.36. The molecule has 8 nitrogen and oxygen atoms in total. The van der Waals surface area contributed by atoms with Crippen LogP contribution in [-0.4, -0.2) is 46.1 Å². The van der Waals surface area contributed by atoms with Crippen LogP contribution in [0, 0.1) is 0 Å². The Morgan fingerprint density at radius 1 is 1.48 bits per heavy atom. The first-order chi connectivity index (χ1) is 10.2. The van der Waals surface area contributed by atoms with E-state index in [1.807, 2.05) is 11.6 Å². The fraction of sp³-hybridized carbons (Fsp3) is 0.500. The average Bonchev–Trinajstić information content (AvgIpc) is 3.05. The second kappa shape index (κ2) is 7.81. The van der Waals surface area contributed by atoms with Gasteiger partial charge in [-0.1, -0.05) is 5.21 Å². The summed E-state index contributed by atoms with van der Waals surface area (Å²) in [5, 5.41) is 16.5. The van der Waals surface area contributed by atoms with Crippen LogP contribution >= 0.6 is 11.3 Å². The molecule has 0 bridgehead atoms. The summed E-state index contributed by atoms with van der Waals surface area (Å²) in [6, 6.07) is 0. The van der Waals surface area contributed by atoms with E-state index in [0.717, 1.165) is 17.9 Å². The van der Waals surface area contributed by atoms with E-state index >= 15 is 0 Å². The van der Waals surface area contributed by atoms with E-state index < -0.39 is 0 Å². The van der Waals surface area contributed by atoms with Gasteiger partial charge in [0.15, 0.2) is 5.13 Å². The number of aromatic nitrogens is 4. The monoisotopic (exact) mass is 310 g/mol. The van der Waals surface area contributed by atoms with Crippen molar-refractivity contribution in [1.82, 2.24) is 25.3 Å². The fourth-order valence-corrected chi connectivity index (χ4v) is 2.39. The maximum absolute atomic E-state index is 10.9. The van der Waals surface area contributed by atoms with Crippen LogP contribution in [0.5, 0.6) is 0 Å². The average molecular weight is 310 g/mol. The highest BCUT2D eigenvalue weighted by atomic mass is 32.1. The van der Waals surface area contributed by atoms with Crippen molar-refractivity contribution in [2.45, 2.75) is 20.0 Å². The highest BCUT2D eigenvalue weighted by Gasteiger charge is 2.06. The molecule has 0 atom stereocenters. The third-order valence-corrected chi connectivity index (χ3v) is 3.34. The zero-order valence-electron chi connectivity index (χ0n) is 12.0. The third-order valence-electron chi connectivity index (χ3n) is 2.53. The molecule has 0 saturated carbocycles. The lowest BCUT2D eigenvalue weighted by molar-refractivity contribution is -0.114. The largest absolute Gasteiger partial charge is 0.383 e. The lowest BCUT2D eigenvalue weighted by Crippen LogP contribution is -2.18. The number of nitrogens with zero attached hydrogens (tertiary/aromatic N) is 4. The number of thiazole rings is 1. The SMILES string of the molecule is COCCNCc1cn(Cc2csc(NC(C)=O)n2)nn1. The Bertz CT molecular complexity index is 582. The molecule has 2 aromatic rings. The second-order valence-electron chi connectivity index (χ2n) is 4.40. The van der Waals surface area contributed by atoms with Gasteiger partial charge in [-0.15, -0.1) is 16.4 Å². The molecule has 9 heteroatoms. The van der Waals surface area contributed by atoms with Crippen LogP contribution in [0.15, 0.2) is 11.6 Å². The molecule has 2 heterocycles. The molecule has 0 aliphatic rings. The van der Waals surface area contributed by atoms with Gasteiger partial charge >= 0.3 is 0 Å². The minimum absolute atomic E-state index is 0.124. The lowest BCUT2D eigenvalue weighted by Gasteiger charge is -1.99. The summed E-state index contributed by atoms with van der Waals surface area (Å²) in [6.07, 6.45) is 1.87. The van der Waals surface area contributed by atoms with E-state index in [1.165, 1.54) is 18.3 Å². The Morgan fingerprint density at radius 2 is 2.33 bits per heavy atom. The fourth-order valence-electron chi connectivity index (χ4n) is 1.64. The van der Waals surface area contributed by atoms with Crippen molar-refractivity contribution >= 4 is 22.4 Å². The van der Waals surface area contributed by atoms with Crippen LogP contribution in [0.1, 0.15) is 18.3 Å². The Morgan fingerprint density at radius 3 is 3.10 bits per heavy atom. The predicted octanol–water partition coefficient (Wildman–Crippen LogP) is 0.477. The van der Waals surface area contributed by atoms with E-state index in [0.29, 0.717) is 24.8 Å². The molecule has 1 amide bonds. The van der Waals surface area contributed by atoms with Crippen molar-refractivity contribution in [3.8, 4) is 0 Å². The van der Waals surface area contributed by atoms with Crippen LogP contribution in [0.2, 0.25) is 0 Å². The zero-order valence-corrected chi connectivity index (χ0v) is 12.8. The van der Waals surface area contributed by atoms with Crippen molar-refractivity contribution in [1.29, 1.82) is 0 Å². The molecular weight excluding hydrogens is 292 g/mol. The van der Waals surface area contributed by atoms with Gasteiger partial charge in [0, 0.05) is 32.5 Å². The maximum atomic E-state index is 10.9. The number of carbonyl (C=O) groups excluding carboxylic acids is 1. The number of hydrogen-bond acceptors (Lipinski definition) is 7. The molecule has 2 N–H and O–H groups in total. The van der Waals surface area contributed by atoms with E-state index in [2.05, 4.69) is 25.9 Å². The second-order valence-corrected chi connectivity index (χ2v) is 5.26. The Hall–Kier alpha value is -1.84. The van der Waals surface area contributed by atoms with Gasteiger partial charge in [0.1, 0.15) is 0 Å². The number of rotatable bonds is 8. The van der Waals surface area contributed by atoms with Crippen molar-refractivity contribution in [2.75, 3.05) is 25.6 Å². The molecule has 0 saturated heterocycles. The van der Waals surface area contributed by atoms with Crippen LogP contribution in [0.25, 0.3) is 0 Å². The maximum Gasteiger partial charge on any atom is 0.223 e. The smallest absolute Gasteiger partial charge is 0.223 e. The number of anilines is 1. The molecular formula is C12H18N6O2S. The van der Waals surface area contributed by atoms with Crippen LogP contribution < -0.4 is 10.6 Å².